The molecule has 0 fully saturated rings. The van der Waals surface area contributed by atoms with Gasteiger partial charge < -0.3 is 0 Å². The molecule has 1 aromatic rings. The monoisotopic (exact) mass is 323 g/mol. The molecule has 0 heterocycles. The summed E-state index contributed by atoms with van der Waals surface area (Å²) >= 11 is 7.12. The maximum atomic E-state index is 10.0. The summed E-state index contributed by atoms with van der Waals surface area (Å²) in [6.07, 6.45) is 0.833. The minimum atomic E-state index is 0.729. The number of hydrogen-bond acceptors (Lipinski definition) is 1. The van der Waals surface area contributed by atoms with Crippen molar-refractivity contribution < 1.29 is 15.9 Å². The van der Waals surface area contributed by atoms with Crippen LogP contribution in [0, 0.1) is 0 Å². The molecule has 1 nitrogen and oxygen atoms in total. The van der Waals surface area contributed by atoms with Crippen molar-refractivity contribution >= 4 is 34.6 Å². The molecule has 0 bridgehead atoms. The summed E-state index contributed by atoms with van der Waals surface area (Å²) in [5.41, 5.74) is 0.729. The van der Waals surface area contributed by atoms with Gasteiger partial charge in [0.25, 0.3) is 0 Å². The standard InChI is InChI=1S/C7H6O.2BrH.Co/c8-6-7-4-2-1-3-5-7;;;/h1-6H;2*1H;/q;;;+2/p-2. The third-order valence-electron chi connectivity index (χ3n) is 0.936. The Hall–Kier alpha value is 0.356. The average molecular weight is 325 g/mol. The summed E-state index contributed by atoms with van der Waals surface area (Å²) in [6.45, 7) is 0. The second-order valence-electron chi connectivity index (χ2n) is 1.58. The molecule has 1 rings (SSSR count). The quantitative estimate of drug-likeness (QED) is 0.725. The molecule has 1 aromatic carbocycles. The molecule has 0 unspecified atom stereocenters. The van der Waals surface area contributed by atoms with E-state index in [1.165, 1.54) is 0 Å². The molecule has 0 saturated carbocycles. The second-order valence-corrected chi connectivity index (χ2v) is 6.83. The first-order chi connectivity index (χ1) is 5.35. The zero-order valence-electron chi connectivity index (χ0n) is 5.46. The summed E-state index contributed by atoms with van der Waals surface area (Å²) < 4.78 is 0. The van der Waals surface area contributed by atoms with Crippen LogP contribution in [0.3, 0.4) is 0 Å². The molecule has 63 valence electrons. The van der Waals surface area contributed by atoms with E-state index in [1.54, 1.807) is 12.1 Å². The zero-order valence-corrected chi connectivity index (χ0v) is 9.67. The summed E-state index contributed by atoms with van der Waals surface area (Å²) in [5.74, 6) is 0. The second kappa shape index (κ2) is 8.45. The van der Waals surface area contributed by atoms with Gasteiger partial charge in [0.15, 0.2) is 0 Å². The number of carbonyl (C=O) groups is 1. The van der Waals surface area contributed by atoms with E-state index in [9.17, 15) is 4.79 Å². The van der Waals surface area contributed by atoms with Crippen molar-refractivity contribution in [2.75, 3.05) is 0 Å². The summed E-state index contributed by atoms with van der Waals surface area (Å²) in [6, 6.07) is 9.10. The fourth-order valence-electron chi connectivity index (χ4n) is 0.532. The predicted octanol–water partition coefficient (Wildman–Crippen LogP) is 3.19. The van der Waals surface area contributed by atoms with Gasteiger partial charge in [-0.25, -0.2) is 0 Å². The van der Waals surface area contributed by atoms with E-state index in [2.05, 4.69) is 28.3 Å². The van der Waals surface area contributed by atoms with E-state index in [1.807, 2.05) is 18.2 Å². The summed E-state index contributed by atoms with van der Waals surface area (Å²) in [4.78, 5) is 10.0. The van der Waals surface area contributed by atoms with Crippen molar-refractivity contribution in [1.82, 2.24) is 0 Å². The molecule has 0 aliphatic carbocycles. The van der Waals surface area contributed by atoms with Crippen LogP contribution in [0.4, 0.5) is 0 Å². The maximum absolute atomic E-state index is 10.0. The van der Waals surface area contributed by atoms with Gasteiger partial charge in [0.2, 0.25) is 0 Å². The van der Waals surface area contributed by atoms with Crippen LogP contribution in [0.25, 0.3) is 0 Å². The average Bonchev–Trinajstić information content (AvgIpc) is 2.08. The normalized spacial score (nSPS) is 8.18. The van der Waals surface area contributed by atoms with Crippen LogP contribution in [0.2, 0.25) is 0 Å². The molecular formula is C7H6Br2CoO. The molecule has 0 amide bonds. The number of halogens is 2. The molecule has 0 aliphatic rings. The van der Waals surface area contributed by atoms with Gasteiger partial charge in [0, 0.05) is 5.56 Å². The predicted molar refractivity (Wildman–Crippen MR) is 49.7 cm³/mol. The molecule has 0 N–H and O–H groups in total. The molecule has 0 saturated heterocycles. The van der Waals surface area contributed by atoms with Crippen molar-refractivity contribution in [3.8, 4) is 0 Å². The minimum absolute atomic E-state index is 0.729. The Morgan fingerprint density at radius 3 is 1.91 bits per heavy atom. The molecule has 0 aliphatic heterocycles. The first kappa shape index (κ1) is 11.4. The van der Waals surface area contributed by atoms with E-state index in [-0.39, 0.29) is 0 Å². The number of carbonyl (C=O) groups excluding carboxylic acids is 1. The fraction of sp³-hybridized carbons (Fsp3) is 0. The third kappa shape index (κ3) is 6.74. The van der Waals surface area contributed by atoms with Gasteiger partial charge in [-0.2, -0.15) is 0 Å². The Bertz CT molecular complexity index is 191. The summed E-state index contributed by atoms with van der Waals surface area (Å²) in [5, 5.41) is 0. The van der Waals surface area contributed by atoms with E-state index >= 15 is 0 Å². The number of benzene rings is 1. The summed E-state index contributed by atoms with van der Waals surface area (Å²) in [7, 11) is 0. The Labute approximate surface area is 86.0 Å². The molecule has 0 aromatic heterocycles. The van der Waals surface area contributed by atoms with Crippen molar-refractivity contribution in [1.29, 1.82) is 0 Å². The Morgan fingerprint density at radius 1 is 1.18 bits per heavy atom. The van der Waals surface area contributed by atoms with Crippen LogP contribution in [0.1, 0.15) is 10.4 Å². The molecule has 0 atom stereocenters. The SMILES string of the molecule is O=Cc1ccccc1.[Br][Co][Br]. The first-order valence-electron chi connectivity index (χ1n) is 2.69. The Balaban J connectivity index is 0.000000292. The van der Waals surface area contributed by atoms with Gasteiger partial charge in [-0.15, -0.1) is 0 Å². The molecule has 11 heavy (non-hydrogen) atoms. The van der Waals surface area contributed by atoms with Gasteiger partial charge in [-0.1, -0.05) is 30.3 Å². The number of hydrogen-bond donors (Lipinski definition) is 0. The molecular weight excluding hydrogens is 319 g/mol. The molecule has 0 spiro atoms. The van der Waals surface area contributed by atoms with E-state index in [0.717, 1.165) is 23.0 Å². The van der Waals surface area contributed by atoms with Crippen LogP contribution < -0.4 is 0 Å². The van der Waals surface area contributed by atoms with Crippen LogP contribution in [-0.4, -0.2) is 6.29 Å². The van der Waals surface area contributed by atoms with Crippen LogP contribution in [0.15, 0.2) is 30.3 Å². The number of aldehydes is 1. The zero-order chi connectivity index (χ0) is 8.53. The van der Waals surface area contributed by atoms with E-state index in [0.29, 0.717) is 0 Å². The fourth-order valence-corrected chi connectivity index (χ4v) is 0.532. The van der Waals surface area contributed by atoms with Gasteiger partial charge >= 0.3 is 39.5 Å². The van der Waals surface area contributed by atoms with Gasteiger partial charge in [-0.3, -0.25) is 4.79 Å². The van der Waals surface area contributed by atoms with Crippen LogP contribution >= 0.6 is 28.3 Å². The van der Waals surface area contributed by atoms with Crippen molar-refractivity contribution in [3.63, 3.8) is 0 Å². The van der Waals surface area contributed by atoms with E-state index < -0.39 is 0 Å². The topological polar surface area (TPSA) is 17.1 Å². The van der Waals surface area contributed by atoms with Crippen molar-refractivity contribution in [2.24, 2.45) is 0 Å². The van der Waals surface area contributed by atoms with Gasteiger partial charge in [0.1, 0.15) is 6.29 Å². The molecule has 0 radical (unpaired) electrons. The Kier molecular flexibility index (Phi) is 8.73. The van der Waals surface area contributed by atoms with Crippen molar-refractivity contribution in [2.45, 2.75) is 0 Å². The number of rotatable bonds is 1. The Morgan fingerprint density at radius 2 is 1.64 bits per heavy atom. The van der Waals surface area contributed by atoms with Gasteiger partial charge in [0.05, 0.1) is 0 Å². The van der Waals surface area contributed by atoms with E-state index in [4.69, 9.17) is 0 Å². The first-order valence-corrected chi connectivity index (χ1v) is 7.83. The van der Waals surface area contributed by atoms with Gasteiger partial charge in [-0.05, 0) is 0 Å². The van der Waals surface area contributed by atoms with Crippen molar-refractivity contribution in [3.05, 3.63) is 35.9 Å². The van der Waals surface area contributed by atoms with Crippen LogP contribution in [-0.2, 0) is 11.1 Å². The third-order valence-corrected chi connectivity index (χ3v) is 0.936. The van der Waals surface area contributed by atoms with Crippen LogP contribution in [0.5, 0.6) is 0 Å². The molecule has 4 heteroatoms.